The summed E-state index contributed by atoms with van der Waals surface area (Å²) in [4.78, 5) is 12.4. The Morgan fingerprint density at radius 3 is 2.45 bits per heavy atom. The van der Waals surface area contributed by atoms with E-state index >= 15 is 0 Å². The molecule has 1 N–H and O–H groups in total. The molecule has 0 aliphatic rings. The van der Waals surface area contributed by atoms with Gasteiger partial charge in [-0.2, -0.15) is 10.2 Å². The summed E-state index contributed by atoms with van der Waals surface area (Å²) in [5, 5.41) is 8.52. The minimum Gasteiger partial charge on any atom is -0.493 e. The summed E-state index contributed by atoms with van der Waals surface area (Å²) in [6.07, 6.45) is 1.54. The van der Waals surface area contributed by atoms with E-state index in [2.05, 4.69) is 15.6 Å². The first-order chi connectivity index (χ1) is 13.9. The Bertz CT molecular complexity index is 1060. The number of benzene rings is 2. The van der Waals surface area contributed by atoms with E-state index in [9.17, 15) is 9.18 Å². The van der Waals surface area contributed by atoms with Gasteiger partial charge in [-0.15, -0.1) is 0 Å². The summed E-state index contributed by atoms with van der Waals surface area (Å²) < 4.78 is 25.2. The number of hydrogen-bond donors (Lipinski definition) is 1. The van der Waals surface area contributed by atoms with Crippen molar-refractivity contribution in [3.05, 3.63) is 70.8 Å². The zero-order chi connectivity index (χ0) is 21.0. The third kappa shape index (κ3) is 4.26. The molecule has 1 amide bonds. The minimum atomic E-state index is -0.386. The van der Waals surface area contributed by atoms with Crippen LogP contribution < -0.4 is 14.9 Å². The molecule has 0 atom stereocenters. The third-order valence-electron chi connectivity index (χ3n) is 4.42. The average molecular weight is 396 g/mol. The lowest BCUT2D eigenvalue weighted by Gasteiger charge is -2.08. The van der Waals surface area contributed by atoms with Gasteiger partial charge >= 0.3 is 0 Å². The first kappa shape index (κ1) is 20.1. The monoisotopic (exact) mass is 396 g/mol. The highest BCUT2D eigenvalue weighted by atomic mass is 19.1. The molecular formula is C21H21FN4O3. The van der Waals surface area contributed by atoms with Gasteiger partial charge in [0.05, 0.1) is 37.5 Å². The molecule has 0 spiro atoms. The van der Waals surface area contributed by atoms with Gasteiger partial charge in [-0.3, -0.25) is 4.79 Å². The van der Waals surface area contributed by atoms with Crippen molar-refractivity contribution in [3.8, 4) is 17.2 Å². The number of amides is 1. The molecule has 1 heterocycles. The maximum Gasteiger partial charge on any atom is 0.271 e. The first-order valence-electron chi connectivity index (χ1n) is 8.82. The number of halogens is 1. The quantitative estimate of drug-likeness (QED) is 0.512. The maximum atomic E-state index is 13.2. The minimum absolute atomic E-state index is 0.310. The molecule has 0 fully saturated rings. The van der Waals surface area contributed by atoms with Gasteiger partial charge in [-0.1, -0.05) is 0 Å². The molecule has 29 heavy (non-hydrogen) atoms. The fourth-order valence-electron chi connectivity index (χ4n) is 2.87. The number of hydrogen-bond acceptors (Lipinski definition) is 5. The van der Waals surface area contributed by atoms with Crippen LogP contribution in [0.25, 0.3) is 5.69 Å². The van der Waals surface area contributed by atoms with Crippen LogP contribution in [0, 0.1) is 19.7 Å². The molecule has 0 unspecified atom stereocenters. The molecule has 0 saturated heterocycles. The molecule has 7 nitrogen and oxygen atoms in total. The van der Waals surface area contributed by atoms with Crippen molar-refractivity contribution >= 4 is 12.1 Å². The Morgan fingerprint density at radius 2 is 1.79 bits per heavy atom. The summed E-state index contributed by atoms with van der Waals surface area (Å²) in [6, 6.07) is 10.9. The van der Waals surface area contributed by atoms with Crippen LogP contribution in [0.3, 0.4) is 0 Å². The molecule has 2 aromatic carbocycles. The highest BCUT2D eigenvalue weighted by Gasteiger charge is 2.13. The Balaban J connectivity index is 1.77. The maximum absolute atomic E-state index is 13.2. The Morgan fingerprint density at radius 1 is 1.10 bits per heavy atom. The number of aryl methyl sites for hydroxylation is 1. The van der Waals surface area contributed by atoms with E-state index in [1.807, 2.05) is 13.8 Å². The Hall–Kier alpha value is -3.68. The van der Waals surface area contributed by atoms with Crippen LogP contribution in [0.15, 0.2) is 47.6 Å². The second-order valence-electron chi connectivity index (χ2n) is 6.24. The molecule has 0 radical (unpaired) electrons. The highest BCUT2D eigenvalue weighted by Crippen LogP contribution is 2.27. The molecule has 1 aromatic heterocycles. The second kappa shape index (κ2) is 8.55. The van der Waals surface area contributed by atoms with Gasteiger partial charge in [0.25, 0.3) is 5.91 Å². The average Bonchev–Trinajstić information content (AvgIpc) is 3.01. The summed E-state index contributed by atoms with van der Waals surface area (Å²) in [5.41, 5.74) is 5.93. The number of methoxy groups -OCH3 is 2. The number of rotatable bonds is 6. The number of nitrogens with one attached hydrogen (secondary N) is 1. The number of carbonyl (C=O) groups excluding carboxylic acids is 1. The fraction of sp³-hybridized carbons (Fsp3) is 0.190. The normalized spacial score (nSPS) is 10.9. The van der Waals surface area contributed by atoms with Gasteiger partial charge in [0.15, 0.2) is 11.5 Å². The van der Waals surface area contributed by atoms with Crippen LogP contribution in [0.1, 0.15) is 27.3 Å². The zero-order valence-corrected chi connectivity index (χ0v) is 16.6. The van der Waals surface area contributed by atoms with Crippen molar-refractivity contribution in [2.75, 3.05) is 14.2 Å². The van der Waals surface area contributed by atoms with Crippen molar-refractivity contribution in [2.24, 2.45) is 5.10 Å². The van der Waals surface area contributed by atoms with Crippen molar-refractivity contribution in [2.45, 2.75) is 13.8 Å². The van der Waals surface area contributed by atoms with E-state index in [0.29, 0.717) is 17.1 Å². The van der Waals surface area contributed by atoms with E-state index < -0.39 is 0 Å². The van der Waals surface area contributed by atoms with E-state index in [0.717, 1.165) is 22.6 Å². The van der Waals surface area contributed by atoms with Crippen LogP contribution in [0.2, 0.25) is 0 Å². The Labute approximate surface area is 167 Å². The fourth-order valence-corrected chi connectivity index (χ4v) is 2.87. The first-order valence-corrected chi connectivity index (χ1v) is 8.82. The van der Waals surface area contributed by atoms with Gasteiger partial charge in [0.2, 0.25) is 0 Å². The molecule has 0 bridgehead atoms. The van der Waals surface area contributed by atoms with Gasteiger partial charge in [-0.25, -0.2) is 14.5 Å². The van der Waals surface area contributed by atoms with Gasteiger partial charge in [0.1, 0.15) is 5.82 Å². The molecule has 3 aromatic rings. The van der Waals surface area contributed by atoms with Gasteiger partial charge in [-0.05, 0) is 56.3 Å². The van der Waals surface area contributed by atoms with Crippen LogP contribution in [-0.4, -0.2) is 36.1 Å². The lowest BCUT2D eigenvalue weighted by molar-refractivity contribution is 0.0954. The predicted octanol–water partition coefficient (Wildman–Crippen LogP) is 3.41. The molecule has 3 rings (SSSR count). The number of hydrazone groups is 1. The van der Waals surface area contributed by atoms with Crippen LogP contribution >= 0.6 is 0 Å². The second-order valence-corrected chi connectivity index (χ2v) is 6.24. The van der Waals surface area contributed by atoms with Crippen LogP contribution in [0.4, 0.5) is 4.39 Å². The Kier molecular flexibility index (Phi) is 5.92. The van der Waals surface area contributed by atoms with Crippen molar-refractivity contribution in [1.82, 2.24) is 15.2 Å². The van der Waals surface area contributed by atoms with Crippen molar-refractivity contribution in [1.29, 1.82) is 0 Å². The largest absolute Gasteiger partial charge is 0.493 e. The molecular weight excluding hydrogens is 375 g/mol. The molecule has 0 saturated carbocycles. The van der Waals surface area contributed by atoms with E-state index in [-0.39, 0.29) is 11.7 Å². The summed E-state index contributed by atoms with van der Waals surface area (Å²) in [6.45, 7) is 3.71. The zero-order valence-electron chi connectivity index (χ0n) is 16.6. The third-order valence-corrected chi connectivity index (χ3v) is 4.42. The summed E-state index contributed by atoms with van der Waals surface area (Å²) in [5.74, 6) is 0.293. The molecule has 150 valence electrons. The topological polar surface area (TPSA) is 77.7 Å². The number of aromatic nitrogens is 2. The smallest absolute Gasteiger partial charge is 0.271 e. The van der Waals surface area contributed by atoms with E-state index in [1.165, 1.54) is 32.6 Å². The standard InChI is InChI=1S/C21H21FN4O3/c1-13-18(14(2)26(25-13)17-8-6-16(22)7-9-17)12-23-24-21(27)15-5-10-19(28-3)20(11-15)29-4/h5-12H,1-4H3,(H,24,27)/b23-12-. The number of carbonyl (C=O) groups is 1. The summed E-state index contributed by atoms with van der Waals surface area (Å²) >= 11 is 0. The van der Waals surface area contributed by atoms with Crippen molar-refractivity contribution in [3.63, 3.8) is 0 Å². The van der Waals surface area contributed by atoms with Gasteiger partial charge < -0.3 is 9.47 Å². The van der Waals surface area contributed by atoms with E-state index in [1.54, 1.807) is 35.0 Å². The molecule has 0 aliphatic heterocycles. The molecule has 8 heteroatoms. The van der Waals surface area contributed by atoms with Crippen LogP contribution in [-0.2, 0) is 0 Å². The van der Waals surface area contributed by atoms with Gasteiger partial charge in [0, 0.05) is 11.1 Å². The van der Waals surface area contributed by atoms with Crippen molar-refractivity contribution < 1.29 is 18.7 Å². The number of nitrogens with zero attached hydrogens (tertiary/aromatic N) is 3. The highest BCUT2D eigenvalue weighted by molar-refractivity contribution is 5.95. The van der Waals surface area contributed by atoms with E-state index in [4.69, 9.17) is 9.47 Å². The lowest BCUT2D eigenvalue weighted by atomic mass is 10.2. The molecule has 0 aliphatic carbocycles. The number of ether oxygens (including phenoxy) is 2. The van der Waals surface area contributed by atoms with Crippen LogP contribution in [0.5, 0.6) is 11.5 Å². The predicted molar refractivity (Wildman–Crippen MR) is 108 cm³/mol. The SMILES string of the molecule is COc1ccc(C(=O)N/N=C\c2c(C)nn(-c3ccc(F)cc3)c2C)cc1OC. The lowest BCUT2D eigenvalue weighted by Crippen LogP contribution is -2.17. The summed E-state index contributed by atoms with van der Waals surface area (Å²) in [7, 11) is 3.03.